The lowest BCUT2D eigenvalue weighted by Crippen LogP contribution is -2.19. The van der Waals surface area contributed by atoms with Gasteiger partial charge in [0.25, 0.3) is 5.91 Å². The molecule has 1 aliphatic carbocycles. The number of H-pyrrole nitrogens is 1. The lowest BCUT2D eigenvalue weighted by Gasteiger charge is -2.19. The first-order valence-corrected chi connectivity index (χ1v) is 10.7. The highest BCUT2D eigenvalue weighted by molar-refractivity contribution is 6.04. The molecule has 3 heterocycles. The zero-order valence-corrected chi connectivity index (χ0v) is 18.1. The highest BCUT2D eigenvalue weighted by atomic mass is 16.1. The van der Waals surface area contributed by atoms with Gasteiger partial charge < -0.3 is 15.5 Å². The average molecular weight is 418 g/mol. The molecular weight excluding hydrogens is 390 g/mol. The molecule has 0 atom stereocenters. The Labute approximate surface area is 181 Å². The van der Waals surface area contributed by atoms with Crippen LogP contribution >= 0.6 is 0 Å². The van der Waals surface area contributed by atoms with E-state index < -0.39 is 0 Å². The van der Waals surface area contributed by atoms with E-state index in [4.69, 9.17) is 0 Å². The maximum Gasteiger partial charge on any atom is 0.256 e. The molecular formula is C23H27N7O. The number of hydrogen-bond donors (Lipinski definition) is 3. The van der Waals surface area contributed by atoms with Gasteiger partial charge in [0.2, 0.25) is 5.95 Å². The number of nitrogens with zero attached hydrogens (tertiary/aromatic N) is 4. The Balaban J connectivity index is 1.28. The molecule has 1 aromatic carbocycles. The maximum absolute atomic E-state index is 12.8. The molecule has 1 amide bonds. The molecule has 2 aliphatic rings. The zero-order valence-electron chi connectivity index (χ0n) is 18.1. The number of carbonyl (C=O) groups excluding carboxylic acids is 1. The first kappa shape index (κ1) is 19.5. The van der Waals surface area contributed by atoms with Gasteiger partial charge in [-0.05, 0) is 42.0 Å². The number of anilines is 3. The molecule has 0 unspecified atom stereocenters. The van der Waals surface area contributed by atoms with E-state index in [2.05, 4.69) is 56.5 Å². The lowest BCUT2D eigenvalue weighted by atomic mass is 9.87. The molecule has 0 bridgehead atoms. The fourth-order valence-electron chi connectivity index (χ4n) is 3.71. The topological polar surface area (TPSA) is 98.8 Å². The Hall–Kier alpha value is -3.42. The van der Waals surface area contributed by atoms with Crippen molar-refractivity contribution in [1.82, 2.24) is 20.2 Å². The predicted molar refractivity (Wildman–Crippen MR) is 120 cm³/mol. The Bertz CT molecular complexity index is 1110. The van der Waals surface area contributed by atoms with Crippen LogP contribution in [0.25, 0.3) is 0 Å². The number of aromatic amines is 1. The summed E-state index contributed by atoms with van der Waals surface area (Å²) < 4.78 is 0. The number of fused-ring (bicyclic) bond motifs is 1. The summed E-state index contributed by atoms with van der Waals surface area (Å²) in [5.41, 5.74) is 3.85. The fraction of sp³-hybridized carbons (Fsp3) is 0.391. The summed E-state index contributed by atoms with van der Waals surface area (Å²) in [4.78, 5) is 23.9. The van der Waals surface area contributed by atoms with Crippen molar-refractivity contribution < 1.29 is 4.79 Å². The fourth-order valence-corrected chi connectivity index (χ4v) is 3.71. The minimum Gasteiger partial charge on any atom is -0.351 e. The van der Waals surface area contributed by atoms with E-state index in [1.807, 2.05) is 30.3 Å². The molecule has 0 saturated heterocycles. The first-order chi connectivity index (χ1) is 14.9. The van der Waals surface area contributed by atoms with Crippen LogP contribution in [0.5, 0.6) is 0 Å². The van der Waals surface area contributed by atoms with Gasteiger partial charge in [-0.3, -0.25) is 9.89 Å². The second-order valence-electron chi connectivity index (χ2n) is 9.32. The van der Waals surface area contributed by atoms with Crippen LogP contribution in [0.2, 0.25) is 0 Å². The minimum absolute atomic E-state index is 0.0521. The molecule has 2 aromatic heterocycles. The molecule has 5 rings (SSSR count). The van der Waals surface area contributed by atoms with Gasteiger partial charge in [0, 0.05) is 23.4 Å². The van der Waals surface area contributed by atoms with E-state index in [0.717, 1.165) is 17.1 Å². The van der Waals surface area contributed by atoms with Crippen LogP contribution in [-0.2, 0) is 18.5 Å². The SMILES string of the molecule is CC(C)(C)c1ccc(C(=O)Nc2n[nH]c3c2CN(c2ccnc(NC4CC4)n2)C3)cc1. The number of nitrogens with one attached hydrogen (secondary N) is 3. The summed E-state index contributed by atoms with van der Waals surface area (Å²) in [6, 6.07) is 10.2. The lowest BCUT2D eigenvalue weighted by molar-refractivity contribution is 0.102. The Morgan fingerprint density at radius 3 is 2.61 bits per heavy atom. The molecule has 1 aliphatic heterocycles. The first-order valence-electron chi connectivity index (χ1n) is 10.7. The number of rotatable bonds is 5. The third kappa shape index (κ3) is 4.10. The Morgan fingerprint density at radius 2 is 1.90 bits per heavy atom. The average Bonchev–Trinajstić information content (AvgIpc) is 3.33. The summed E-state index contributed by atoms with van der Waals surface area (Å²) in [5.74, 6) is 1.94. The molecule has 31 heavy (non-hydrogen) atoms. The maximum atomic E-state index is 12.8. The smallest absolute Gasteiger partial charge is 0.256 e. The van der Waals surface area contributed by atoms with Gasteiger partial charge in [-0.2, -0.15) is 10.1 Å². The number of aromatic nitrogens is 4. The predicted octanol–water partition coefficient (Wildman–Crippen LogP) is 3.84. The van der Waals surface area contributed by atoms with Crippen LogP contribution in [0, 0.1) is 0 Å². The van der Waals surface area contributed by atoms with Crippen LogP contribution in [0.1, 0.15) is 60.8 Å². The van der Waals surface area contributed by atoms with Crippen LogP contribution in [0.4, 0.5) is 17.6 Å². The van der Waals surface area contributed by atoms with Crippen molar-refractivity contribution in [3.05, 3.63) is 58.9 Å². The summed E-state index contributed by atoms with van der Waals surface area (Å²) in [7, 11) is 0. The molecule has 8 nitrogen and oxygen atoms in total. The number of amides is 1. The van der Waals surface area contributed by atoms with Crippen molar-refractivity contribution in [2.45, 2.75) is 58.2 Å². The summed E-state index contributed by atoms with van der Waals surface area (Å²) >= 11 is 0. The molecule has 1 saturated carbocycles. The largest absolute Gasteiger partial charge is 0.351 e. The summed E-state index contributed by atoms with van der Waals surface area (Å²) in [6.45, 7) is 7.76. The molecule has 0 spiro atoms. The third-order valence-corrected chi connectivity index (χ3v) is 5.77. The van der Waals surface area contributed by atoms with Crippen LogP contribution in [-0.4, -0.2) is 32.1 Å². The number of carbonyl (C=O) groups is 1. The van der Waals surface area contributed by atoms with E-state index in [1.165, 1.54) is 18.4 Å². The van der Waals surface area contributed by atoms with Crippen molar-refractivity contribution in [1.29, 1.82) is 0 Å². The third-order valence-electron chi connectivity index (χ3n) is 5.77. The van der Waals surface area contributed by atoms with Gasteiger partial charge in [0.15, 0.2) is 5.82 Å². The van der Waals surface area contributed by atoms with Crippen molar-refractivity contribution in [2.24, 2.45) is 0 Å². The number of hydrogen-bond acceptors (Lipinski definition) is 6. The van der Waals surface area contributed by atoms with Crippen molar-refractivity contribution >= 4 is 23.5 Å². The second kappa shape index (κ2) is 7.37. The van der Waals surface area contributed by atoms with E-state index in [-0.39, 0.29) is 11.3 Å². The molecule has 8 heteroatoms. The zero-order chi connectivity index (χ0) is 21.6. The molecule has 160 valence electrons. The van der Waals surface area contributed by atoms with Crippen molar-refractivity contribution in [2.75, 3.05) is 15.5 Å². The van der Waals surface area contributed by atoms with Crippen LogP contribution in [0.15, 0.2) is 36.5 Å². The van der Waals surface area contributed by atoms with E-state index in [0.29, 0.717) is 36.5 Å². The monoisotopic (exact) mass is 417 g/mol. The number of benzene rings is 1. The van der Waals surface area contributed by atoms with Crippen molar-refractivity contribution in [3.8, 4) is 0 Å². The highest BCUT2D eigenvalue weighted by Crippen LogP contribution is 2.31. The van der Waals surface area contributed by atoms with Gasteiger partial charge in [0.05, 0.1) is 18.8 Å². The Kier molecular flexibility index (Phi) is 4.64. The Morgan fingerprint density at radius 1 is 1.13 bits per heavy atom. The van der Waals surface area contributed by atoms with E-state index >= 15 is 0 Å². The van der Waals surface area contributed by atoms with Crippen molar-refractivity contribution in [3.63, 3.8) is 0 Å². The van der Waals surface area contributed by atoms with Gasteiger partial charge in [0.1, 0.15) is 5.82 Å². The molecule has 1 fully saturated rings. The van der Waals surface area contributed by atoms with Gasteiger partial charge in [-0.25, -0.2) is 4.98 Å². The second-order valence-corrected chi connectivity index (χ2v) is 9.32. The van der Waals surface area contributed by atoms with E-state index in [1.54, 1.807) is 6.20 Å². The van der Waals surface area contributed by atoms with Crippen LogP contribution in [0.3, 0.4) is 0 Å². The quantitative estimate of drug-likeness (QED) is 0.583. The minimum atomic E-state index is -0.161. The highest BCUT2D eigenvalue weighted by Gasteiger charge is 2.28. The molecule has 3 N–H and O–H groups in total. The van der Waals surface area contributed by atoms with Crippen LogP contribution < -0.4 is 15.5 Å². The normalized spacial score (nSPS) is 15.6. The van der Waals surface area contributed by atoms with Gasteiger partial charge in [-0.15, -0.1) is 0 Å². The van der Waals surface area contributed by atoms with E-state index in [9.17, 15) is 4.79 Å². The standard InChI is InChI=1S/C23H27N7O/c1-23(2,3)15-6-4-14(5-7-15)21(31)27-20-17-12-30(13-18(17)28-29-20)19-10-11-24-22(26-19)25-16-8-9-16/h4-7,10-11,16H,8-9,12-13H2,1-3H3,(H,24,25,26)(H2,27,28,29,31). The van der Waals surface area contributed by atoms with Gasteiger partial charge >= 0.3 is 0 Å². The molecule has 3 aromatic rings. The van der Waals surface area contributed by atoms with Gasteiger partial charge in [-0.1, -0.05) is 32.9 Å². The summed E-state index contributed by atoms with van der Waals surface area (Å²) in [5, 5.41) is 13.7. The summed E-state index contributed by atoms with van der Waals surface area (Å²) in [6.07, 6.45) is 4.13. The molecule has 0 radical (unpaired) electrons.